The van der Waals surface area contributed by atoms with Gasteiger partial charge in [-0.25, -0.2) is 0 Å². The zero-order valence-corrected chi connectivity index (χ0v) is 11.5. The van der Waals surface area contributed by atoms with Crippen molar-refractivity contribution in [2.24, 2.45) is 9.98 Å². The fraction of sp³-hybridized carbons (Fsp3) is 0.273. The summed E-state index contributed by atoms with van der Waals surface area (Å²) in [5.74, 6) is 0.444. The quantitative estimate of drug-likeness (QED) is 0.590. The van der Waals surface area contributed by atoms with Crippen molar-refractivity contribution >= 4 is 24.8 Å². The molecule has 0 spiro atoms. The van der Waals surface area contributed by atoms with Crippen LogP contribution in [-0.4, -0.2) is 13.4 Å². The summed E-state index contributed by atoms with van der Waals surface area (Å²) in [5.41, 5.74) is 2.63. The van der Waals surface area contributed by atoms with E-state index in [1.807, 2.05) is 6.07 Å². The van der Waals surface area contributed by atoms with E-state index in [1.54, 1.807) is 6.07 Å². The Balaban J connectivity index is 0.00000169. The van der Waals surface area contributed by atoms with Gasteiger partial charge in [0.25, 0.3) is 0 Å². The van der Waals surface area contributed by atoms with E-state index < -0.39 is 0 Å². The fourth-order valence-electron chi connectivity index (χ4n) is 1.08. The van der Waals surface area contributed by atoms with Crippen molar-refractivity contribution in [3.8, 4) is 0 Å². The van der Waals surface area contributed by atoms with Gasteiger partial charge in [-0.2, -0.15) is 11.6 Å². The first-order valence-corrected chi connectivity index (χ1v) is 4.18. The summed E-state index contributed by atoms with van der Waals surface area (Å²) >= 11 is 0. The van der Waals surface area contributed by atoms with Crippen molar-refractivity contribution in [1.82, 2.24) is 0 Å². The Labute approximate surface area is 110 Å². The van der Waals surface area contributed by atoms with Crippen LogP contribution in [0.5, 0.6) is 0 Å². The predicted octanol–water partition coefficient (Wildman–Crippen LogP) is 3.27. The van der Waals surface area contributed by atoms with E-state index >= 15 is 0 Å². The van der Waals surface area contributed by atoms with E-state index in [-0.39, 0.29) is 32.7 Å². The van der Waals surface area contributed by atoms with Gasteiger partial charge in [-0.3, -0.25) is 4.99 Å². The first-order valence-electron chi connectivity index (χ1n) is 4.18. The van der Waals surface area contributed by atoms with E-state index in [1.165, 1.54) is 0 Å². The number of hydrogen-bond acceptors (Lipinski definition) is 2. The standard InChI is InChI=1S/C11H13N2.Y/c1-8(2)9-5-6-10(12-3)11(7-9)13-4;/h6-8H,3-4H2,1-2H3;/q-1;. The zero-order valence-electron chi connectivity index (χ0n) is 8.62. The predicted molar refractivity (Wildman–Crippen MR) is 57.8 cm³/mol. The molecule has 0 atom stereocenters. The van der Waals surface area contributed by atoms with Crippen molar-refractivity contribution < 1.29 is 32.7 Å². The van der Waals surface area contributed by atoms with Gasteiger partial charge in [-0.1, -0.05) is 13.8 Å². The van der Waals surface area contributed by atoms with Crippen molar-refractivity contribution in [2.75, 3.05) is 0 Å². The summed E-state index contributed by atoms with van der Waals surface area (Å²) in [5, 5.41) is 0. The minimum absolute atomic E-state index is 0. The number of nitrogens with zero attached hydrogens (tertiary/aromatic N) is 2. The van der Waals surface area contributed by atoms with Gasteiger partial charge in [0.1, 0.15) is 0 Å². The number of aliphatic imine (C=N–C) groups is 2. The van der Waals surface area contributed by atoms with E-state index in [0.717, 1.165) is 16.9 Å². The molecule has 0 saturated carbocycles. The summed E-state index contributed by atoms with van der Waals surface area (Å²) < 4.78 is 0. The Morgan fingerprint density at radius 3 is 2.21 bits per heavy atom. The normalized spacial score (nSPS) is 9.36. The average molecular weight is 262 g/mol. The Kier molecular flexibility index (Phi) is 6.06. The van der Waals surface area contributed by atoms with Crippen LogP contribution in [0.2, 0.25) is 0 Å². The topological polar surface area (TPSA) is 24.7 Å². The second-order valence-electron chi connectivity index (χ2n) is 3.13. The van der Waals surface area contributed by atoms with Crippen LogP contribution in [0.4, 0.5) is 11.4 Å². The van der Waals surface area contributed by atoms with Crippen LogP contribution in [0.3, 0.4) is 0 Å². The van der Waals surface area contributed by atoms with Gasteiger partial charge in [0.15, 0.2) is 0 Å². The molecule has 1 radical (unpaired) electrons. The van der Waals surface area contributed by atoms with Gasteiger partial charge in [0.2, 0.25) is 0 Å². The van der Waals surface area contributed by atoms with Gasteiger partial charge in [-0.05, 0) is 30.7 Å². The smallest absolute Gasteiger partial charge is 0 e. The molecule has 0 aliphatic carbocycles. The second-order valence-corrected chi connectivity index (χ2v) is 3.13. The Bertz CT molecular complexity index is 332. The van der Waals surface area contributed by atoms with Crippen LogP contribution in [0.25, 0.3) is 0 Å². The molecule has 1 aromatic carbocycles. The summed E-state index contributed by atoms with van der Waals surface area (Å²) in [6.07, 6.45) is 0. The molecule has 0 aromatic heterocycles. The minimum Gasteiger partial charge on any atom is -0.327 e. The fourth-order valence-corrected chi connectivity index (χ4v) is 1.08. The van der Waals surface area contributed by atoms with Gasteiger partial charge < -0.3 is 4.99 Å². The van der Waals surface area contributed by atoms with Gasteiger partial charge in [0.05, 0.1) is 0 Å². The molecule has 1 rings (SSSR count). The van der Waals surface area contributed by atoms with E-state index in [2.05, 4.69) is 43.3 Å². The first-order chi connectivity index (χ1) is 6.19. The molecule has 1 aromatic rings. The average Bonchev–Trinajstić information content (AvgIpc) is 2.16. The molecule has 0 N–H and O–H groups in total. The number of hydrogen-bond donors (Lipinski definition) is 0. The zero-order chi connectivity index (χ0) is 9.84. The van der Waals surface area contributed by atoms with Crippen LogP contribution in [0.1, 0.15) is 25.3 Å². The molecule has 0 bridgehead atoms. The van der Waals surface area contributed by atoms with Crippen LogP contribution in [0, 0.1) is 6.07 Å². The molecule has 0 heterocycles. The Morgan fingerprint density at radius 2 is 1.79 bits per heavy atom. The largest absolute Gasteiger partial charge is 0.327 e. The van der Waals surface area contributed by atoms with Gasteiger partial charge in [-0.15, -0.1) is 12.1 Å². The van der Waals surface area contributed by atoms with E-state index in [4.69, 9.17) is 0 Å². The first kappa shape index (κ1) is 13.7. The Hall–Kier alpha value is -0.336. The SMILES string of the molecule is C=Nc1c[c-]c(C(C)C)cc1N=C.[Y]. The number of rotatable bonds is 3. The maximum Gasteiger partial charge on any atom is 0 e. The van der Waals surface area contributed by atoms with Crippen molar-refractivity contribution in [3.63, 3.8) is 0 Å². The van der Waals surface area contributed by atoms with E-state index in [9.17, 15) is 0 Å². The van der Waals surface area contributed by atoms with Gasteiger partial charge >= 0.3 is 0 Å². The molecule has 0 fully saturated rings. The van der Waals surface area contributed by atoms with E-state index in [0.29, 0.717) is 5.92 Å². The Morgan fingerprint density at radius 1 is 1.21 bits per heavy atom. The van der Waals surface area contributed by atoms with Crippen LogP contribution in [-0.2, 0) is 32.7 Å². The molecule has 0 saturated heterocycles. The minimum atomic E-state index is 0. The third-order valence-corrected chi connectivity index (χ3v) is 1.89. The molecular weight excluding hydrogens is 249 g/mol. The summed E-state index contributed by atoms with van der Waals surface area (Å²) in [7, 11) is 0. The third-order valence-electron chi connectivity index (χ3n) is 1.89. The molecule has 3 heteroatoms. The molecular formula is C11H13N2Y-. The summed E-state index contributed by atoms with van der Waals surface area (Å²) in [6.45, 7) is 11.2. The van der Waals surface area contributed by atoms with Crippen molar-refractivity contribution in [1.29, 1.82) is 0 Å². The molecule has 71 valence electrons. The summed E-state index contributed by atoms with van der Waals surface area (Å²) in [6, 6.07) is 6.88. The molecule has 0 amide bonds. The second kappa shape index (κ2) is 6.20. The molecule has 0 aliphatic heterocycles. The summed E-state index contributed by atoms with van der Waals surface area (Å²) in [4.78, 5) is 7.71. The van der Waals surface area contributed by atoms with Crippen molar-refractivity contribution in [3.05, 3.63) is 23.8 Å². The third kappa shape index (κ3) is 3.11. The van der Waals surface area contributed by atoms with Gasteiger partial charge in [0, 0.05) is 32.7 Å². The van der Waals surface area contributed by atoms with Crippen LogP contribution < -0.4 is 0 Å². The molecule has 14 heavy (non-hydrogen) atoms. The molecule has 2 nitrogen and oxygen atoms in total. The maximum atomic E-state index is 3.88. The van der Waals surface area contributed by atoms with Crippen LogP contribution >= 0.6 is 0 Å². The molecule has 0 unspecified atom stereocenters. The van der Waals surface area contributed by atoms with Crippen molar-refractivity contribution in [2.45, 2.75) is 19.8 Å². The molecule has 0 aliphatic rings. The monoisotopic (exact) mass is 262 g/mol. The maximum absolute atomic E-state index is 3.88. The number of benzene rings is 1. The van der Waals surface area contributed by atoms with Crippen LogP contribution in [0.15, 0.2) is 22.1 Å².